The van der Waals surface area contributed by atoms with Crippen molar-refractivity contribution in [1.82, 2.24) is 20.5 Å². The summed E-state index contributed by atoms with van der Waals surface area (Å²) in [6, 6.07) is 3.47. The lowest BCUT2D eigenvalue weighted by molar-refractivity contribution is -0.120. The molecular weight excluding hydrogens is 224 g/mol. The van der Waals surface area contributed by atoms with Crippen molar-refractivity contribution in [2.45, 2.75) is 12.8 Å². The highest BCUT2D eigenvalue weighted by atomic mass is 16.3. The monoisotopic (exact) mass is 236 g/mol. The fourth-order valence-corrected chi connectivity index (χ4v) is 1.38. The topological polar surface area (TPSA) is 104 Å². The van der Waals surface area contributed by atoms with Crippen molar-refractivity contribution >= 4 is 5.91 Å². The highest BCUT2D eigenvalue weighted by molar-refractivity contribution is 5.77. The van der Waals surface area contributed by atoms with Crippen molar-refractivity contribution in [3.8, 4) is 0 Å². The molecule has 0 aromatic carbocycles. The molecule has 0 atom stereocenters. The Morgan fingerprint density at radius 1 is 1.53 bits per heavy atom. The number of nitrogens with zero attached hydrogens (tertiary/aromatic N) is 1. The summed E-state index contributed by atoms with van der Waals surface area (Å²) in [6.07, 6.45) is 2.21. The molecule has 0 spiro atoms. The van der Waals surface area contributed by atoms with Gasteiger partial charge < -0.3 is 9.73 Å². The van der Waals surface area contributed by atoms with E-state index in [4.69, 9.17) is 4.42 Å². The summed E-state index contributed by atoms with van der Waals surface area (Å²) in [7, 11) is 0. The van der Waals surface area contributed by atoms with E-state index in [1.54, 1.807) is 12.1 Å². The van der Waals surface area contributed by atoms with Crippen LogP contribution in [0.15, 0.2) is 27.6 Å². The molecule has 90 valence electrons. The van der Waals surface area contributed by atoms with Crippen LogP contribution < -0.4 is 11.0 Å². The van der Waals surface area contributed by atoms with E-state index in [0.717, 1.165) is 0 Å². The number of carbonyl (C=O) groups excluding carboxylic acids is 1. The van der Waals surface area contributed by atoms with Gasteiger partial charge in [-0.2, -0.15) is 5.10 Å². The average Bonchev–Trinajstić information content (AvgIpc) is 2.90. The molecule has 7 heteroatoms. The van der Waals surface area contributed by atoms with Gasteiger partial charge in [0, 0.05) is 13.0 Å². The lowest BCUT2D eigenvalue weighted by Crippen LogP contribution is -2.27. The predicted octanol–water partition coefficient (Wildman–Crippen LogP) is -0.408. The summed E-state index contributed by atoms with van der Waals surface area (Å²) in [5.74, 6) is 1.02. The van der Waals surface area contributed by atoms with Gasteiger partial charge in [-0.1, -0.05) is 0 Å². The van der Waals surface area contributed by atoms with Crippen LogP contribution >= 0.6 is 0 Å². The molecule has 7 nitrogen and oxygen atoms in total. The first kappa shape index (κ1) is 11.2. The van der Waals surface area contributed by atoms with Gasteiger partial charge in [-0.05, 0) is 12.1 Å². The fraction of sp³-hybridized carbons (Fsp3) is 0.300. The minimum atomic E-state index is -0.345. The number of hydrogen-bond acceptors (Lipinski definition) is 4. The zero-order chi connectivity index (χ0) is 12.1. The summed E-state index contributed by atoms with van der Waals surface area (Å²) in [4.78, 5) is 24.7. The normalized spacial score (nSPS) is 10.4. The lowest BCUT2D eigenvalue weighted by atomic mass is 10.3. The number of aromatic amines is 2. The first-order valence-corrected chi connectivity index (χ1v) is 5.16. The molecule has 0 unspecified atom stereocenters. The second-order valence-corrected chi connectivity index (χ2v) is 3.48. The predicted molar refractivity (Wildman–Crippen MR) is 58.3 cm³/mol. The standard InChI is InChI=1S/C10H12N4O3/c15-9(6-7-2-1-5-17-7)11-4-3-8-12-10(16)14-13-8/h1-2,5H,3-4,6H2,(H,11,15)(H2,12,13,14,16). The van der Waals surface area contributed by atoms with Gasteiger partial charge in [0.1, 0.15) is 11.6 Å². The molecule has 2 heterocycles. The van der Waals surface area contributed by atoms with Crippen molar-refractivity contribution < 1.29 is 9.21 Å². The molecule has 0 aliphatic carbocycles. The Morgan fingerprint density at radius 2 is 2.41 bits per heavy atom. The van der Waals surface area contributed by atoms with Crippen molar-refractivity contribution in [2.75, 3.05) is 6.54 Å². The number of amides is 1. The summed E-state index contributed by atoms with van der Waals surface area (Å²) < 4.78 is 5.05. The van der Waals surface area contributed by atoms with Crippen LogP contribution in [0.1, 0.15) is 11.6 Å². The Bertz CT molecular complexity index is 526. The molecular formula is C10H12N4O3. The zero-order valence-corrected chi connectivity index (χ0v) is 9.03. The maximum absolute atomic E-state index is 11.4. The molecule has 3 N–H and O–H groups in total. The van der Waals surface area contributed by atoms with Crippen molar-refractivity contribution in [3.63, 3.8) is 0 Å². The van der Waals surface area contributed by atoms with Crippen LogP contribution in [0, 0.1) is 0 Å². The summed E-state index contributed by atoms with van der Waals surface area (Å²) in [5.41, 5.74) is -0.345. The molecule has 2 aromatic rings. The molecule has 0 aliphatic rings. The molecule has 2 rings (SSSR count). The zero-order valence-electron chi connectivity index (χ0n) is 9.03. The van der Waals surface area contributed by atoms with E-state index in [-0.39, 0.29) is 18.0 Å². The minimum Gasteiger partial charge on any atom is -0.469 e. The van der Waals surface area contributed by atoms with Gasteiger partial charge in [0.05, 0.1) is 12.7 Å². The molecule has 0 saturated carbocycles. The van der Waals surface area contributed by atoms with E-state index in [1.165, 1.54) is 6.26 Å². The summed E-state index contributed by atoms with van der Waals surface area (Å²) in [5, 5.41) is 8.68. The van der Waals surface area contributed by atoms with E-state index < -0.39 is 0 Å². The van der Waals surface area contributed by atoms with Crippen LogP contribution in [0.3, 0.4) is 0 Å². The third-order valence-electron chi connectivity index (χ3n) is 2.15. The number of nitrogens with one attached hydrogen (secondary N) is 3. The van der Waals surface area contributed by atoms with Crippen LogP contribution in [0.25, 0.3) is 0 Å². The summed E-state index contributed by atoms with van der Waals surface area (Å²) in [6.45, 7) is 0.417. The van der Waals surface area contributed by atoms with Crippen molar-refractivity contribution in [3.05, 3.63) is 40.5 Å². The number of hydrogen-bond donors (Lipinski definition) is 3. The van der Waals surface area contributed by atoms with Gasteiger partial charge >= 0.3 is 5.69 Å². The molecule has 17 heavy (non-hydrogen) atoms. The number of aromatic nitrogens is 3. The van der Waals surface area contributed by atoms with Crippen LogP contribution in [0.4, 0.5) is 0 Å². The Morgan fingerprint density at radius 3 is 3.06 bits per heavy atom. The highest BCUT2D eigenvalue weighted by Gasteiger charge is 2.05. The Hall–Kier alpha value is -2.31. The van der Waals surface area contributed by atoms with Crippen molar-refractivity contribution in [1.29, 1.82) is 0 Å². The molecule has 2 aromatic heterocycles. The Kier molecular flexibility index (Phi) is 3.39. The van der Waals surface area contributed by atoms with E-state index in [1.807, 2.05) is 0 Å². The van der Waals surface area contributed by atoms with E-state index in [0.29, 0.717) is 24.6 Å². The molecule has 0 fully saturated rings. The Balaban J connectivity index is 1.71. The first-order chi connectivity index (χ1) is 8.24. The SMILES string of the molecule is O=C(Cc1ccco1)NCCc1n[nH]c(=O)[nH]1. The van der Waals surface area contributed by atoms with E-state index in [9.17, 15) is 9.59 Å². The second-order valence-electron chi connectivity index (χ2n) is 3.48. The summed E-state index contributed by atoms with van der Waals surface area (Å²) >= 11 is 0. The van der Waals surface area contributed by atoms with Gasteiger partial charge in [-0.25, -0.2) is 9.89 Å². The molecule has 1 amide bonds. The van der Waals surface area contributed by atoms with Crippen molar-refractivity contribution in [2.24, 2.45) is 0 Å². The largest absolute Gasteiger partial charge is 0.469 e. The van der Waals surface area contributed by atoms with Crippen LogP contribution in [-0.4, -0.2) is 27.6 Å². The maximum atomic E-state index is 11.4. The molecule has 0 bridgehead atoms. The third-order valence-corrected chi connectivity index (χ3v) is 2.15. The molecule has 0 aliphatic heterocycles. The highest BCUT2D eigenvalue weighted by Crippen LogP contribution is 2.00. The maximum Gasteiger partial charge on any atom is 0.340 e. The van der Waals surface area contributed by atoms with Gasteiger partial charge in [-0.15, -0.1) is 0 Å². The number of carbonyl (C=O) groups is 1. The van der Waals surface area contributed by atoms with Gasteiger partial charge in [0.15, 0.2) is 0 Å². The van der Waals surface area contributed by atoms with E-state index >= 15 is 0 Å². The van der Waals surface area contributed by atoms with Gasteiger partial charge in [-0.3, -0.25) is 9.78 Å². The van der Waals surface area contributed by atoms with Gasteiger partial charge in [0.2, 0.25) is 5.91 Å². The quantitative estimate of drug-likeness (QED) is 0.656. The third kappa shape index (κ3) is 3.33. The average molecular weight is 236 g/mol. The number of furan rings is 1. The van der Waals surface area contributed by atoms with Crippen LogP contribution in [0.5, 0.6) is 0 Å². The first-order valence-electron chi connectivity index (χ1n) is 5.16. The second kappa shape index (κ2) is 5.15. The molecule has 0 radical (unpaired) electrons. The molecule has 0 saturated heterocycles. The number of H-pyrrole nitrogens is 2. The van der Waals surface area contributed by atoms with Crippen LogP contribution in [-0.2, 0) is 17.6 Å². The smallest absolute Gasteiger partial charge is 0.340 e. The fourth-order valence-electron chi connectivity index (χ4n) is 1.38. The van der Waals surface area contributed by atoms with Crippen LogP contribution in [0.2, 0.25) is 0 Å². The number of rotatable bonds is 5. The Labute approximate surface area is 96.2 Å². The van der Waals surface area contributed by atoms with E-state index in [2.05, 4.69) is 20.5 Å². The van der Waals surface area contributed by atoms with Gasteiger partial charge in [0.25, 0.3) is 0 Å². The lowest BCUT2D eigenvalue weighted by Gasteiger charge is -2.01. The minimum absolute atomic E-state index is 0.127.